The van der Waals surface area contributed by atoms with Gasteiger partial charge in [0.05, 0.1) is 11.9 Å². The van der Waals surface area contributed by atoms with Crippen molar-refractivity contribution in [1.82, 2.24) is 4.98 Å². The summed E-state index contributed by atoms with van der Waals surface area (Å²) >= 11 is 1.69. The van der Waals surface area contributed by atoms with Crippen molar-refractivity contribution in [2.45, 2.75) is 6.92 Å². The summed E-state index contributed by atoms with van der Waals surface area (Å²) in [6, 6.07) is 11.5. The van der Waals surface area contributed by atoms with Gasteiger partial charge in [0.1, 0.15) is 5.69 Å². The molecule has 2 aromatic heterocycles. The van der Waals surface area contributed by atoms with Gasteiger partial charge in [-0.1, -0.05) is 0 Å². The van der Waals surface area contributed by atoms with Gasteiger partial charge in [0, 0.05) is 16.9 Å². The van der Waals surface area contributed by atoms with Crippen LogP contribution in [0.5, 0.6) is 0 Å². The average Bonchev–Trinajstić information content (AvgIpc) is 2.96. The SMILES string of the molecule is CCNc1ccc(C(=O)Nc2ccc3sccc3c2)nc1. The zero-order valence-electron chi connectivity index (χ0n) is 11.6. The lowest BCUT2D eigenvalue weighted by molar-refractivity contribution is 0.102. The molecule has 3 rings (SSSR count). The van der Waals surface area contributed by atoms with E-state index in [1.807, 2.05) is 42.6 Å². The first-order chi connectivity index (χ1) is 10.3. The number of nitrogens with zero attached hydrogens (tertiary/aromatic N) is 1. The highest BCUT2D eigenvalue weighted by atomic mass is 32.1. The Morgan fingerprint density at radius 3 is 2.81 bits per heavy atom. The van der Waals surface area contributed by atoms with Gasteiger partial charge in [-0.3, -0.25) is 4.79 Å². The lowest BCUT2D eigenvalue weighted by Gasteiger charge is -2.06. The Balaban J connectivity index is 1.75. The molecule has 0 saturated heterocycles. The summed E-state index contributed by atoms with van der Waals surface area (Å²) in [7, 11) is 0. The third-order valence-electron chi connectivity index (χ3n) is 3.09. The molecule has 1 amide bonds. The zero-order valence-corrected chi connectivity index (χ0v) is 12.4. The van der Waals surface area contributed by atoms with E-state index in [4.69, 9.17) is 0 Å². The Labute approximate surface area is 126 Å². The van der Waals surface area contributed by atoms with E-state index < -0.39 is 0 Å². The van der Waals surface area contributed by atoms with Crippen LogP contribution in [0.3, 0.4) is 0 Å². The first kappa shape index (κ1) is 13.6. The third kappa shape index (κ3) is 3.03. The van der Waals surface area contributed by atoms with Gasteiger partial charge < -0.3 is 10.6 Å². The van der Waals surface area contributed by atoms with Gasteiger partial charge in [0.2, 0.25) is 0 Å². The van der Waals surface area contributed by atoms with E-state index in [1.54, 1.807) is 23.6 Å². The first-order valence-corrected chi connectivity index (χ1v) is 7.63. The molecule has 0 spiro atoms. The predicted molar refractivity (Wildman–Crippen MR) is 88.2 cm³/mol. The standard InChI is InChI=1S/C16H15N3OS/c1-2-17-13-3-5-14(18-10-13)16(20)19-12-4-6-15-11(9-12)7-8-21-15/h3-10,17H,2H2,1H3,(H,19,20). The van der Waals surface area contributed by atoms with Crippen LogP contribution in [-0.2, 0) is 0 Å². The maximum Gasteiger partial charge on any atom is 0.274 e. The number of hydrogen-bond donors (Lipinski definition) is 2. The van der Waals surface area contributed by atoms with Gasteiger partial charge in [0.25, 0.3) is 5.91 Å². The van der Waals surface area contributed by atoms with Gasteiger partial charge in [0.15, 0.2) is 0 Å². The van der Waals surface area contributed by atoms with Crippen molar-refractivity contribution in [3.05, 3.63) is 53.7 Å². The van der Waals surface area contributed by atoms with E-state index in [-0.39, 0.29) is 5.91 Å². The highest BCUT2D eigenvalue weighted by Gasteiger charge is 2.08. The lowest BCUT2D eigenvalue weighted by Crippen LogP contribution is -2.13. The fourth-order valence-corrected chi connectivity index (χ4v) is 2.85. The number of thiophene rings is 1. The number of carbonyl (C=O) groups is 1. The molecule has 3 aromatic rings. The summed E-state index contributed by atoms with van der Waals surface area (Å²) in [6.45, 7) is 2.84. The number of carbonyl (C=O) groups excluding carboxylic acids is 1. The molecular formula is C16H15N3OS. The maximum atomic E-state index is 12.2. The molecule has 21 heavy (non-hydrogen) atoms. The summed E-state index contributed by atoms with van der Waals surface area (Å²) in [5.74, 6) is -0.201. The van der Waals surface area contributed by atoms with Gasteiger partial charge in [-0.25, -0.2) is 4.98 Å². The molecule has 5 heteroatoms. The van der Waals surface area contributed by atoms with Gasteiger partial charge in [-0.05, 0) is 54.1 Å². The van der Waals surface area contributed by atoms with Crippen molar-refractivity contribution < 1.29 is 4.79 Å². The molecule has 0 unspecified atom stereocenters. The second-order valence-corrected chi connectivity index (χ2v) is 5.54. The quantitative estimate of drug-likeness (QED) is 0.766. The van der Waals surface area contributed by atoms with E-state index >= 15 is 0 Å². The number of nitrogens with one attached hydrogen (secondary N) is 2. The monoisotopic (exact) mass is 297 g/mol. The summed E-state index contributed by atoms with van der Waals surface area (Å²) in [6.07, 6.45) is 1.67. The molecule has 0 aliphatic heterocycles. The Bertz CT molecular complexity index is 765. The van der Waals surface area contributed by atoms with Crippen LogP contribution < -0.4 is 10.6 Å². The van der Waals surface area contributed by atoms with Crippen molar-refractivity contribution in [2.24, 2.45) is 0 Å². The Morgan fingerprint density at radius 1 is 1.19 bits per heavy atom. The Kier molecular flexibility index (Phi) is 3.83. The van der Waals surface area contributed by atoms with Crippen molar-refractivity contribution in [3.63, 3.8) is 0 Å². The minimum absolute atomic E-state index is 0.201. The highest BCUT2D eigenvalue weighted by molar-refractivity contribution is 7.17. The molecule has 0 atom stereocenters. The Hall–Kier alpha value is -2.40. The minimum atomic E-state index is -0.201. The van der Waals surface area contributed by atoms with E-state index in [1.165, 1.54) is 4.70 Å². The largest absolute Gasteiger partial charge is 0.384 e. The second-order valence-electron chi connectivity index (χ2n) is 4.59. The van der Waals surface area contributed by atoms with Crippen LogP contribution >= 0.6 is 11.3 Å². The fraction of sp³-hybridized carbons (Fsp3) is 0.125. The molecule has 0 radical (unpaired) electrons. The van der Waals surface area contributed by atoms with E-state index in [9.17, 15) is 4.79 Å². The number of benzene rings is 1. The predicted octanol–water partition coefficient (Wildman–Crippen LogP) is 3.98. The smallest absolute Gasteiger partial charge is 0.274 e. The molecule has 1 aromatic carbocycles. The number of aromatic nitrogens is 1. The number of amides is 1. The molecular weight excluding hydrogens is 282 g/mol. The topological polar surface area (TPSA) is 54.0 Å². The number of pyridine rings is 1. The van der Waals surface area contributed by atoms with Crippen molar-refractivity contribution in [3.8, 4) is 0 Å². The van der Waals surface area contributed by atoms with E-state index in [0.717, 1.165) is 23.3 Å². The number of anilines is 2. The van der Waals surface area contributed by atoms with Crippen molar-refractivity contribution in [2.75, 3.05) is 17.2 Å². The molecule has 0 aliphatic carbocycles. The van der Waals surface area contributed by atoms with Crippen LogP contribution in [0.4, 0.5) is 11.4 Å². The van der Waals surface area contributed by atoms with Crippen LogP contribution in [0.1, 0.15) is 17.4 Å². The van der Waals surface area contributed by atoms with Gasteiger partial charge in [-0.15, -0.1) is 11.3 Å². The van der Waals surface area contributed by atoms with Crippen LogP contribution in [0.2, 0.25) is 0 Å². The van der Waals surface area contributed by atoms with E-state index in [0.29, 0.717) is 5.69 Å². The molecule has 106 valence electrons. The molecule has 2 heterocycles. The zero-order chi connectivity index (χ0) is 14.7. The molecule has 4 nitrogen and oxygen atoms in total. The summed E-state index contributed by atoms with van der Waals surface area (Å²) in [4.78, 5) is 16.3. The molecule has 0 saturated carbocycles. The van der Waals surface area contributed by atoms with Crippen molar-refractivity contribution >= 4 is 38.7 Å². The van der Waals surface area contributed by atoms with Crippen molar-refractivity contribution in [1.29, 1.82) is 0 Å². The molecule has 0 fully saturated rings. The summed E-state index contributed by atoms with van der Waals surface area (Å²) in [5, 5.41) is 9.19. The first-order valence-electron chi connectivity index (χ1n) is 6.75. The third-order valence-corrected chi connectivity index (χ3v) is 3.99. The molecule has 0 aliphatic rings. The summed E-state index contributed by atoms with van der Waals surface area (Å²) < 4.78 is 1.21. The highest BCUT2D eigenvalue weighted by Crippen LogP contribution is 2.24. The average molecular weight is 297 g/mol. The number of hydrogen-bond acceptors (Lipinski definition) is 4. The normalized spacial score (nSPS) is 10.5. The van der Waals surface area contributed by atoms with Gasteiger partial charge >= 0.3 is 0 Å². The van der Waals surface area contributed by atoms with Gasteiger partial charge in [-0.2, -0.15) is 0 Å². The van der Waals surface area contributed by atoms with Crippen LogP contribution in [0.15, 0.2) is 48.0 Å². The lowest BCUT2D eigenvalue weighted by atomic mass is 10.2. The minimum Gasteiger partial charge on any atom is -0.384 e. The van der Waals surface area contributed by atoms with E-state index in [2.05, 4.69) is 15.6 Å². The fourth-order valence-electron chi connectivity index (χ4n) is 2.08. The number of fused-ring (bicyclic) bond motifs is 1. The van der Waals surface area contributed by atoms with Crippen LogP contribution in [-0.4, -0.2) is 17.4 Å². The Morgan fingerprint density at radius 2 is 2.05 bits per heavy atom. The number of rotatable bonds is 4. The molecule has 2 N–H and O–H groups in total. The van der Waals surface area contributed by atoms with Crippen LogP contribution in [0, 0.1) is 0 Å². The molecule has 0 bridgehead atoms. The summed E-state index contributed by atoms with van der Waals surface area (Å²) in [5.41, 5.74) is 2.10. The second kappa shape index (κ2) is 5.93. The maximum absolute atomic E-state index is 12.2. The van der Waals surface area contributed by atoms with Crippen LogP contribution in [0.25, 0.3) is 10.1 Å².